The predicted molar refractivity (Wildman–Crippen MR) is 20.7 cm³/mol. The van der Waals surface area contributed by atoms with Gasteiger partial charge in [0.1, 0.15) is 0 Å². The van der Waals surface area contributed by atoms with Gasteiger partial charge in [0, 0.05) is 16.5 Å². The summed E-state index contributed by atoms with van der Waals surface area (Å²) in [5.74, 6) is 0. The van der Waals surface area contributed by atoms with Gasteiger partial charge in [-0.15, -0.1) is 0 Å². The molecule has 0 radical (unpaired) electrons. The van der Waals surface area contributed by atoms with Crippen molar-refractivity contribution in [3.8, 4) is 0 Å². The van der Waals surface area contributed by atoms with Crippen LogP contribution in [0.1, 0.15) is 0 Å². The molecule has 0 aliphatic carbocycles. The van der Waals surface area contributed by atoms with Gasteiger partial charge >= 0.3 is 19.5 Å². The molecule has 0 spiro atoms. The van der Waals surface area contributed by atoms with Gasteiger partial charge in [0.2, 0.25) is 0 Å². The molecule has 0 fully saturated rings. The van der Waals surface area contributed by atoms with Gasteiger partial charge in [-0.2, -0.15) is 0 Å². The summed E-state index contributed by atoms with van der Waals surface area (Å²) in [6.07, 6.45) is 0. The van der Waals surface area contributed by atoms with Crippen LogP contribution < -0.4 is 0 Å². The van der Waals surface area contributed by atoms with Gasteiger partial charge in [-0.25, -0.2) is 0 Å². The van der Waals surface area contributed by atoms with E-state index in [2.05, 4.69) is 0 Å². The summed E-state index contributed by atoms with van der Waals surface area (Å²) in [6, 6.07) is 0. The Morgan fingerprint density at radius 3 is 0.800 bits per heavy atom. The Bertz CT molecular complexity index is 73.7. The number of hydrogen-bond acceptors (Lipinski definition) is 6. The fourth-order valence-electron chi connectivity index (χ4n) is 0. The number of rotatable bonds is 0. The molecule has 0 atom stereocenters. The van der Waals surface area contributed by atoms with Crippen molar-refractivity contribution in [3.63, 3.8) is 0 Å². The minimum absolute atomic E-state index is 0. The molecule has 10 heteroatoms. The molecule has 0 heterocycles. The van der Waals surface area contributed by atoms with E-state index in [1.54, 1.807) is 0 Å². The van der Waals surface area contributed by atoms with E-state index in [9.17, 15) is 0 Å². The van der Waals surface area contributed by atoms with Crippen molar-refractivity contribution in [2.75, 3.05) is 0 Å². The van der Waals surface area contributed by atoms with Gasteiger partial charge in [0.25, 0.3) is 0 Å². The van der Waals surface area contributed by atoms with Gasteiger partial charge in [-0.05, 0) is 0 Å². The molecule has 0 bridgehead atoms. The van der Waals surface area contributed by atoms with Crippen molar-refractivity contribution in [2.24, 2.45) is 0 Å². The third-order valence-corrected chi connectivity index (χ3v) is 0. The van der Waals surface area contributed by atoms with Crippen LogP contribution in [0.25, 0.3) is 0 Å². The third-order valence-electron chi connectivity index (χ3n) is 0. The van der Waals surface area contributed by atoms with Crippen LogP contribution in [-0.2, 0) is 36.0 Å². The Kier molecular flexibility index (Phi) is 35.9. The predicted octanol–water partition coefficient (Wildman–Crippen LogP) is -0.483. The first kappa shape index (κ1) is 22.7. The van der Waals surface area contributed by atoms with Gasteiger partial charge in [-0.1, -0.05) is 0 Å². The molecule has 0 unspecified atom stereocenters. The van der Waals surface area contributed by atoms with E-state index in [1.165, 1.54) is 0 Å². The van der Waals surface area contributed by atoms with Crippen molar-refractivity contribution < 1.29 is 46.1 Å². The Morgan fingerprint density at radius 1 is 0.800 bits per heavy atom. The Labute approximate surface area is 77.1 Å². The molecule has 0 rings (SSSR count). The van der Waals surface area contributed by atoms with Crippen LogP contribution in [0.5, 0.6) is 0 Å². The van der Waals surface area contributed by atoms with Crippen LogP contribution in [-0.4, -0.2) is 10.2 Å². The average Bonchev–Trinajstić information content (AvgIpc) is 1.25. The van der Waals surface area contributed by atoms with Crippen LogP contribution in [0.2, 0.25) is 0 Å². The molecule has 10 heavy (non-hydrogen) atoms. The minimum atomic E-state index is -1.75. The molecule has 0 saturated heterocycles. The number of nitrogens with zero attached hydrogens (tertiary/aromatic N) is 2. The van der Waals surface area contributed by atoms with Crippen molar-refractivity contribution in [2.45, 2.75) is 0 Å². The summed E-state index contributed by atoms with van der Waals surface area (Å²) in [7, 11) is 0. The van der Waals surface area contributed by atoms with Gasteiger partial charge < -0.3 is 30.6 Å². The van der Waals surface area contributed by atoms with Crippen LogP contribution in [0.3, 0.4) is 0 Å². The first-order valence-electron chi connectivity index (χ1n) is 1.10. The van der Waals surface area contributed by atoms with E-state index in [4.69, 9.17) is 30.6 Å². The zero-order valence-corrected chi connectivity index (χ0v) is 8.32. The summed E-state index contributed by atoms with van der Waals surface area (Å²) in [6.45, 7) is 0. The first-order chi connectivity index (χ1) is 3.46. The Hall–Kier alpha value is -0.483. The third kappa shape index (κ3) is 1370. The van der Waals surface area contributed by atoms with Gasteiger partial charge in [-0.3, -0.25) is 0 Å². The molecule has 0 aromatic heterocycles. The van der Waals surface area contributed by atoms with Crippen LogP contribution in [0, 0.1) is 30.6 Å². The maximum Gasteiger partial charge on any atom is 2.00 e. The van der Waals surface area contributed by atoms with Crippen molar-refractivity contribution >= 4 is 0 Å². The maximum atomic E-state index is 8.25. The molecule has 0 aromatic rings. The summed E-state index contributed by atoms with van der Waals surface area (Å²) < 4.78 is 0. The zero-order chi connectivity index (χ0) is 7.15. The molecule has 58 valence electrons. The second kappa shape index (κ2) is 15.8. The summed E-state index contributed by atoms with van der Waals surface area (Å²) in [5, 5.41) is 29.5. The quantitative estimate of drug-likeness (QED) is 0.323. The summed E-state index contributed by atoms with van der Waals surface area (Å²) in [4.78, 5) is 16.5. The summed E-state index contributed by atoms with van der Waals surface area (Å²) >= 11 is 0. The standard InChI is InChI=1S/2NO3.Ni.Zn/c2*2-1(3)4;;/q2*-1;;+2. The fourth-order valence-corrected chi connectivity index (χ4v) is 0. The molecule has 0 aliphatic rings. The van der Waals surface area contributed by atoms with E-state index in [-0.39, 0.29) is 36.0 Å². The minimum Gasteiger partial charge on any atom is -0.356 e. The molecular formula is N2NiO6Zn. The van der Waals surface area contributed by atoms with E-state index >= 15 is 0 Å². The van der Waals surface area contributed by atoms with Crippen LogP contribution in [0.15, 0.2) is 0 Å². The van der Waals surface area contributed by atoms with E-state index in [1.807, 2.05) is 0 Å². The molecular weight excluding hydrogens is 248 g/mol. The van der Waals surface area contributed by atoms with E-state index < -0.39 is 10.2 Å². The average molecular weight is 248 g/mol. The molecule has 8 nitrogen and oxygen atoms in total. The topological polar surface area (TPSA) is 132 Å². The van der Waals surface area contributed by atoms with Gasteiger partial charge in [0.15, 0.2) is 0 Å². The molecule has 0 aromatic carbocycles. The number of hydrogen-bond donors (Lipinski definition) is 0. The molecule has 0 amide bonds. The van der Waals surface area contributed by atoms with Crippen molar-refractivity contribution in [1.82, 2.24) is 0 Å². The normalized spacial score (nSPS) is 4.80. The molecule has 0 saturated carbocycles. The second-order valence-corrected chi connectivity index (χ2v) is 0.447. The SMILES string of the molecule is O=[N+]([O-])[O-].O=[N+]([O-])[O-].[Ni].[Zn+2]. The van der Waals surface area contributed by atoms with E-state index in [0.29, 0.717) is 0 Å². The Morgan fingerprint density at radius 2 is 0.800 bits per heavy atom. The molecule has 0 N–H and O–H groups in total. The molecule has 0 aliphatic heterocycles. The van der Waals surface area contributed by atoms with E-state index in [0.717, 1.165) is 0 Å². The fraction of sp³-hybridized carbons (Fsp3) is 0. The maximum absolute atomic E-state index is 8.25. The smallest absolute Gasteiger partial charge is 0.356 e. The first-order valence-corrected chi connectivity index (χ1v) is 1.10. The van der Waals surface area contributed by atoms with Crippen LogP contribution >= 0.6 is 0 Å². The zero-order valence-electron chi connectivity index (χ0n) is 4.37. The largest absolute Gasteiger partial charge is 2.00 e. The van der Waals surface area contributed by atoms with Crippen molar-refractivity contribution in [3.05, 3.63) is 30.6 Å². The van der Waals surface area contributed by atoms with Gasteiger partial charge in [0.05, 0.1) is 10.2 Å². The summed E-state index contributed by atoms with van der Waals surface area (Å²) in [5.41, 5.74) is 0. The second-order valence-electron chi connectivity index (χ2n) is 0.447. The van der Waals surface area contributed by atoms with Crippen LogP contribution in [0.4, 0.5) is 0 Å². The van der Waals surface area contributed by atoms with Crippen molar-refractivity contribution in [1.29, 1.82) is 0 Å². The Balaban J connectivity index is -0.0000000300. The monoisotopic (exact) mass is 246 g/mol.